The van der Waals surface area contributed by atoms with Gasteiger partial charge in [0.15, 0.2) is 17.1 Å². The predicted molar refractivity (Wildman–Crippen MR) is 73.2 cm³/mol. The number of nitrogens with one attached hydrogen (secondary N) is 1. The van der Waals surface area contributed by atoms with Crippen molar-refractivity contribution in [3.05, 3.63) is 59.1 Å². The highest BCUT2D eigenvalue weighted by Crippen LogP contribution is 2.25. The van der Waals surface area contributed by atoms with E-state index in [-0.39, 0.29) is 5.69 Å². The maximum atomic E-state index is 11.9. The van der Waals surface area contributed by atoms with Crippen LogP contribution in [0.5, 0.6) is 0 Å². The van der Waals surface area contributed by atoms with Gasteiger partial charge in [-0.25, -0.2) is 4.98 Å². The number of aromatic nitrogens is 2. The molecule has 100 valence electrons. The molecule has 0 radical (unpaired) electrons. The molecule has 0 aliphatic rings. The van der Waals surface area contributed by atoms with Crippen LogP contribution in [0.4, 0.5) is 5.13 Å². The Kier molecular flexibility index (Phi) is 3.18. The van der Waals surface area contributed by atoms with Crippen molar-refractivity contribution in [2.45, 2.75) is 0 Å². The van der Waals surface area contributed by atoms with Gasteiger partial charge in [0.2, 0.25) is 0 Å². The molecule has 1 N–H and O–H groups in total. The van der Waals surface area contributed by atoms with E-state index >= 15 is 0 Å². The average Bonchev–Trinajstić information content (AvgIpc) is 3.09. The number of rotatable bonds is 3. The van der Waals surface area contributed by atoms with Crippen molar-refractivity contribution in [3.63, 3.8) is 0 Å². The molecule has 20 heavy (non-hydrogen) atoms. The second-order valence-corrected chi connectivity index (χ2v) is 4.74. The molecule has 0 bridgehead atoms. The van der Waals surface area contributed by atoms with Gasteiger partial charge in [-0.1, -0.05) is 0 Å². The van der Waals surface area contributed by atoms with E-state index in [4.69, 9.17) is 4.42 Å². The molecule has 3 heterocycles. The number of hydrogen-bond acceptors (Lipinski definition) is 5. The fourth-order valence-electron chi connectivity index (χ4n) is 1.63. The summed E-state index contributed by atoms with van der Waals surface area (Å²) in [6.45, 7) is 0. The molecule has 3 rings (SSSR count). The Morgan fingerprint density at radius 1 is 1.35 bits per heavy atom. The third kappa shape index (κ3) is 2.39. The van der Waals surface area contributed by atoms with Gasteiger partial charge in [-0.3, -0.25) is 10.1 Å². The molecule has 3 aromatic rings. The summed E-state index contributed by atoms with van der Waals surface area (Å²) in [7, 11) is 0. The van der Waals surface area contributed by atoms with Crippen molar-refractivity contribution in [1.29, 1.82) is 0 Å². The average molecular weight is 287 g/mol. The van der Waals surface area contributed by atoms with Crippen LogP contribution >= 0.6 is 11.3 Å². The zero-order valence-electron chi connectivity index (χ0n) is 10.1. The smallest absolute Gasteiger partial charge is 0.323 e. The van der Waals surface area contributed by atoms with Crippen LogP contribution in [0.15, 0.2) is 52.6 Å². The SMILES string of the molecule is O=C(Nc1nc(-c2ccco2)cs1)c1cccc[n+]1[O-]. The second-order valence-electron chi connectivity index (χ2n) is 3.88. The van der Waals surface area contributed by atoms with Crippen LogP contribution in [0.2, 0.25) is 0 Å². The van der Waals surface area contributed by atoms with E-state index in [1.165, 1.54) is 23.6 Å². The summed E-state index contributed by atoms with van der Waals surface area (Å²) >= 11 is 1.26. The summed E-state index contributed by atoms with van der Waals surface area (Å²) < 4.78 is 5.73. The maximum absolute atomic E-state index is 11.9. The Balaban J connectivity index is 1.79. The van der Waals surface area contributed by atoms with Crippen LogP contribution in [0.25, 0.3) is 11.5 Å². The van der Waals surface area contributed by atoms with Gasteiger partial charge in [-0.2, -0.15) is 4.73 Å². The highest BCUT2D eigenvalue weighted by molar-refractivity contribution is 7.14. The van der Waals surface area contributed by atoms with Crippen LogP contribution in [0, 0.1) is 5.21 Å². The van der Waals surface area contributed by atoms with Crippen molar-refractivity contribution in [1.82, 2.24) is 4.98 Å². The number of thiazole rings is 1. The minimum absolute atomic E-state index is 0.0160. The van der Waals surface area contributed by atoms with Crippen LogP contribution in [0.3, 0.4) is 0 Å². The summed E-state index contributed by atoms with van der Waals surface area (Å²) in [6.07, 6.45) is 2.82. The van der Waals surface area contributed by atoms with Crippen molar-refractivity contribution in [2.24, 2.45) is 0 Å². The first kappa shape index (κ1) is 12.4. The zero-order chi connectivity index (χ0) is 13.9. The molecule has 0 saturated heterocycles. The second kappa shape index (κ2) is 5.14. The Morgan fingerprint density at radius 3 is 3.00 bits per heavy atom. The molecule has 0 saturated carbocycles. The van der Waals surface area contributed by atoms with E-state index in [0.717, 1.165) is 0 Å². The van der Waals surface area contributed by atoms with Crippen LogP contribution in [-0.2, 0) is 0 Å². The Morgan fingerprint density at radius 2 is 2.25 bits per heavy atom. The summed E-state index contributed by atoms with van der Waals surface area (Å²) in [5.41, 5.74) is 0.653. The quantitative estimate of drug-likeness (QED) is 0.592. The number of hydrogen-bond donors (Lipinski definition) is 1. The lowest BCUT2D eigenvalue weighted by Crippen LogP contribution is -2.36. The highest BCUT2D eigenvalue weighted by Gasteiger charge is 2.17. The van der Waals surface area contributed by atoms with Gasteiger partial charge in [0, 0.05) is 17.5 Å². The van der Waals surface area contributed by atoms with Crippen LogP contribution in [-0.4, -0.2) is 10.9 Å². The molecule has 6 nitrogen and oxygen atoms in total. The van der Waals surface area contributed by atoms with Crippen molar-refractivity contribution in [2.75, 3.05) is 5.32 Å². The maximum Gasteiger partial charge on any atom is 0.323 e. The normalized spacial score (nSPS) is 10.4. The monoisotopic (exact) mass is 287 g/mol. The van der Waals surface area contributed by atoms with Crippen molar-refractivity contribution >= 4 is 22.4 Å². The number of nitrogens with zero attached hydrogens (tertiary/aromatic N) is 2. The minimum Gasteiger partial charge on any atom is -0.618 e. The number of carbonyl (C=O) groups is 1. The Hall–Kier alpha value is -2.67. The summed E-state index contributed by atoms with van der Waals surface area (Å²) in [5, 5.41) is 16.2. The lowest BCUT2D eigenvalue weighted by Gasteiger charge is -2.02. The molecule has 0 spiro atoms. The Labute approximate surface area is 117 Å². The van der Waals surface area contributed by atoms with Gasteiger partial charge < -0.3 is 9.62 Å². The van der Waals surface area contributed by atoms with E-state index in [1.807, 2.05) is 0 Å². The van der Waals surface area contributed by atoms with Crippen LogP contribution in [0.1, 0.15) is 10.5 Å². The van der Waals surface area contributed by atoms with Gasteiger partial charge in [0.1, 0.15) is 5.69 Å². The molecule has 1 amide bonds. The molecule has 0 aromatic carbocycles. The van der Waals surface area contributed by atoms with Gasteiger partial charge in [-0.05, 0) is 18.2 Å². The first-order valence-corrected chi connectivity index (χ1v) is 6.61. The first-order chi connectivity index (χ1) is 9.74. The number of amides is 1. The molecule has 0 atom stereocenters. The number of anilines is 1. The standard InChI is InChI=1S/C13H9N3O3S/c17-12(10-4-1-2-6-16(10)18)15-13-14-9(8-20-13)11-5-3-7-19-11/h1-8H,(H,14,15,17). The van der Waals surface area contributed by atoms with Crippen molar-refractivity contribution < 1.29 is 13.9 Å². The van der Waals surface area contributed by atoms with E-state index < -0.39 is 5.91 Å². The number of carbonyl (C=O) groups excluding carboxylic acids is 1. The molecule has 3 aromatic heterocycles. The first-order valence-electron chi connectivity index (χ1n) is 5.73. The number of pyridine rings is 1. The zero-order valence-corrected chi connectivity index (χ0v) is 11.0. The molecular formula is C13H9N3O3S. The van der Waals surface area contributed by atoms with Gasteiger partial charge in [0.05, 0.1) is 6.26 Å². The minimum atomic E-state index is -0.499. The molecular weight excluding hydrogens is 278 g/mol. The van der Waals surface area contributed by atoms with E-state index in [9.17, 15) is 10.0 Å². The number of furan rings is 1. The fourth-order valence-corrected chi connectivity index (χ4v) is 2.33. The molecule has 0 unspecified atom stereocenters. The lowest BCUT2D eigenvalue weighted by molar-refractivity contribution is -0.607. The van der Waals surface area contributed by atoms with E-state index in [0.29, 0.717) is 21.3 Å². The van der Waals surface area contributed by atoms with E-state index in [2.05, 4.69) is 10.3 Å². The summed E-state index contributed by atoms with van der Waals surface area (Å²) in [6, 6.07) is 8.17. The molecule has 0 aliphatic heterocycles. The molecule has 0 aliphatic carbocycles. The van der Waals surface area contributed by atoms with Gasteiger partial charge in [-0.15, -0.1) is 11.3 Å². The summed E-state index contributed by atoms with van der Waals surface area (Å²) in [4.78, 5) is 16.2. The third-order valence-corrected chi connectivity index (χ3v) is 3.31. The predicted octanol–water partition coefficient (Wildman–Crippen LogP) is 2.29. The topological polar surface area (TPSA) is 82.1 Å². The Bertz CT molecular complexity index is 737. The largest absolute Gasteiger partial charge is 0.618 e. The summed E-state index contributed by atoms with van der Waals surface area (Å²) in [5.74, 6) is 0.126. The molecule has 7 heteroatoms. The third-order valence-electron chi connectivity index (χ3n) is 2.56. The lowest BCUT2D eigenvalue weighted by atomic mass is 10.3. The fraction of sp³-hybridized carbons (Fsp3) is 0. The molecule has 0 fully saturated rings. The van der Waals surface area contributed by atoms with E-state index in [1.54, 1.807) is 35.9 Å². The highest BCUT2D eigenvalue weighted by atomic mass is 32.1. The van der Waals surface area contributed by atoms with Crippen LogP contribution < -0.4 is 10.0 Å². The van der Waals surface area contributed by atoms with Gasteiger partial charge in [0.25, 0.3) is 5.69 Å². The van der Waals surface area contributed by atoms with Crippen molar-refractivity contribution in [3.8, 4) is 11.5 Å². The van der Waals surface area contributed by atoms with Gasteiger partial charge >= 0.3 is 5.91 Å².